The van der Waals surface area contributed by atoms with Gasteiger partial charge in [-0.05, 0) is 49.7 Å². The molecule has 2 rings (SSSR count). The summed E-state index contributed by atoms with van der Waals surface area (Å²) < 4.78 is 5.21. The Hall–Kier alpha value is -2.86. The lowest BCUT2D eigenvalue weighted by Crippen LogP contribution is -2.39. The second kappa shape index (κ2) is 9.73. The van der Waals surface area contributed by atoms with Crippen molar-refractivity contribution in [2.45, 2.75) is 20.4 Å². The van der Waals surface area contributed by atoms with Crippen LogP contribution in [0.15, 0.2) is 42.5 Å². The quantitative estimate of drug-likeness (QED) is 0.750. The Labute approximate surface area is 160 Å². The average Bonchev–Trinajstić information content (AvgIpc) is 2.63. The van der Waals surface area contributed by atoms with Crippen LogP contribution in [0.4, 0.5) is 5.69 Å². The number of carbonyl (C=O) groups excluding carboxylic acids is 2. The topological polar surface area (TPSA) is 70.7 Å². The van der Waals surface area contributed by atoms with Crippen molar-refractivity contribution in [2.75, 3.05) is 32.6 Å². The zero-order valence-corrected chi connectivity index (χ0v) is 16.3. The maximum Gasteiger partial charge on any atom is 0.243 e. The predicted molar refractivity (Wildman–Crippen MR) is 107 cm³/mol. The van der Waals surface area contributed by atoms with Crippen molar-refractivity contribution in [3.8, 4) is 5.75 Å². The van der Waals surface area contributed by atoms with E-state index >= 15 is 0 Å². The van der Waals surface area contributed by atoms with E-state index in [1.165, 1.54) is 0 Å². The molecule has 2 aromatic carbocycles. The van der Waals surface area contributed by atoms with Crippen LogP contribution in [0.1, 0.15) is 16.7 Å². The Morgan fingerprint density at radius 3 is 2.37 bits per heavy atom. The number of anilines is 1. The summed E-state index contributed by atoms with van der Waals surface area (Å²) in [5.41, 5.74) is 3.84. The highest BCUT2D eigenvalue weighted by molar-refractivity contribution is 5.95. The Kier molecular flexibility index (Phi) is 7.37. The van der Waals surface area contributed by atoms with Gasteiger partial charge in [-0.2, -0.15) is 0 Å². The van der Waals surface area contributed by atoms with Crippen molar-refractivity contribution < 1.29 is 14.3 Å². The molecule has 0 fully saturated rings. The van der Waals surface area contributed by atoms with Crippen molar-refractivity contribution in [3.63, 3.8) is 0 Å². The summed E-state index contributed by atoms with van der Waals surface area (Å²) in [4.78, 5) is 26.1. The van der Waals surface area contributed by atoms with Crippen LogP contribution in [0, 0.1) is 13.8 Å². The first kappa shape index (κ1) is 20.5. The third-order valence-corrected chi connectivity index (χ3v) is 4.19. The minimum atomic E-state index is -0.240. The van der Waals surface area contributed by atoms with E-state index in [4.69, 9.17) is 4.74 Å². The van der Waals surface area contributed by atoms with Crippen LogP contribution in [-0.2, 0) is 16.1 Å². The van der Waals surface area contributed by atoms with E-state index in [9.17, 15) is 9.59 Å². The summed E-state index contributed by atoms with van der Waals surface area (Å²) in [6.45, 7) is 4.64. The number of aryl methyl sites for hydroxylation is 2. The second-order valence-corrected chi connectivity index (χ2v) is 6.62. The third-order valence-electron chi connectivity index (χ3n) is 4.19. The molecule has 0 aliphatic rings. The summed E-state index contributed by atoms with van der Waals surface area (Å²) in [5.74, 6) is 0.349. The van der Waals surface area contributed by atoms with Crippen molar-refractivity contribution in [1.82, 2.24) is 10.2 Å². The molecule has 0 aliphatic heterocycles. The molecule has 6 nitrogen and oxygen atoms in total. The van der Waals surface area contributed by atoms with Crippen LogP contribution in [0.5, 0.6) is 5.75 Å². The van der Waals surface area contributed by atoms with Gasteiger partial charge in [0.05, 0.1) is 20.2 Å². The van der Waals surface area contributed by atoms with Crippen LogP contribution < -0.4 is 15.4 Å². The largest absolute Gasteiger partial charge is 0.497 e. The number of ether oxygens (including phenoxy) is 1. The Morgan fingerprint density at radius 2 is 1.70 bits per heavy atom. The smallest absolute Gasteiger partial charge is 0.243 e. The van der Waals surface area contributed by atoms with Crippen molar-refractivity contribution >= 4 is 17.5 Å². The highest BCUT2D eigenvalue weighted by Crippen LogP contribution is 2.19. The monoisotopic (exact) mass is 369 g/mol. The number of benzene rings is 2. The number of nitrogens with zero attached hydrogens (tertiary/aromatic N) is 1. The normalized spacial score (nSPS) is 10.6. The number of likely N-dealkylation sites (N-methyl/N-ethyl adjacent to an activating group) is 1. The van der Waals surface area contributed by atoms with E-state index < -0.39 is 0 Å². The fourth-order valence-corrected chi connectivity index (χ4v) is 2.81. The van der Waals surface area contributed by atoms with E-state index in [0.29, 0.717) is 6.54 Å². The van der Waals surface area contributed by atoms with E-state index in [2.05, 4.69) is 10.6 Å². The van der Waals surface area contributed by atoms with Gasteiger partial charge in [0, 0.05) is 12.2 Å². The van der Waals surface area contributed by atoms with Gasteiger partial charge in [-0.25, -0.2) is 0 Å². The molecule has 0 aliphatic carbocycles. The molecule has 27 heavy (non-hydrogen) atoms. The van der Waals surface area contributed by atoms with Gasteiger partial charge in [-0.1, -0.05) is 30.3 Å². The van der Waals surface area contributed by atoms with Crippen LogP contribution in [0.3, 0.4) is 0 Å². The maximum absolute atomic E-state index is 12.1. The molecule has 0 spiro atoms. The summed E-state index contributed by atoms with van der Waals surface area (Å²) >= 11 is 0. The molecular weight excluding hydrogens is 342 g/mol. The molecule has 2 N–H and O–H groups in total. The zero-order chi connectivity index (χ0) is 19.8. The van der Waals surface area contributed by atoms with E-state index in [0.717, 1.165) is 28.1 Å². The lowest BCUT2D eigenvalue weighted by atomic mass is 10.1. The number of rotatable bonds is 8. The zero-order valence-electron chi connectivity index (χ0n) is 16.3. The van der Waals surface area contributed by atoms with Crippen LogP contribution in [0.2, 0.25) is 0 Å². The Balaban J connectivity index is 1.78. The Morgan fingerprint density at radius 1 is 1.04 bits per heavy atom. The molecule has 0 radical (unpaired) electrons. The van der Waals surface area contributed by atoms with E-state index in [1.54, 1.807) is 7.11 Å². The fraction of sp³-hybridized carbons (Fsp3) is 0.333. The lowest BCUT2D eigenvalue weighted by molar-refractivity contribution is -0.124. The molecule has 2 aromatic rings. The molecule has 0 atom stereocenters. The number of amides is 2. The number of methoxy groups -OCH3 is 1. The summed E-state index contributed by atoms with van der Waals surface area (Å²) in [6, 6.07) is 13.5. The van der Waals surface area contributed by atoms with Gasteiger partial charge in [0.1, 0.15) is 5.75 Å². The van der Waals surface area contributed by atoms with Crippen molar-refractivity contribution in [1.29, 1.82) is 0 Å². The van der Waals surface area contributed by atoms with Gasteiger partial charge < -0.3 is 15.4 Å². The molecule has 0 saturated carbocycles. The molecule has 0 aromatic heterocycles. The minimum Gasteiger partial charge on any atom is -0.497 e. The van der Waals surface area contributed by atoms with Crippen LogP contribution in [-0.4, -0.2) is 44.0 Å². The van der Waals surface area contributed by atoms with Crippen LogP contribution >= 0.6 is 0 Å². The van der Waals surface area contributed by atoms with Gasteiger partial charge in [-0.3, -0.25) is 14.5 Å². The highest BCUT2D eigenvalue weighted by atomic mass is 16.5. The molecule has 6 heteroatoms. The maximum atomic E-state index is 12.1. The van der Waals surface area contributed by atoms with E-state index in [-0.39, 0.29) is 24.9 Å². The molecule has 0 bridgehead atoms. The number of hydrogen-bond acceptors (Lipinski definition) is 4. The fourth-order valence-electron chi connectivity index (χ4n) is 2.81. The molecule has 2 amide bonds. The molecular formula is C21H27N3O3. The first-order chi connectivity index (χ1) is 12.9. The summed E-state index contributed by atoms with van der Waals surface area (Å²) in [7, 11) is 3.48. The predicted octanol–water partition coefficient (Wildman–Crippen LogP) is 2.50. The summed E-state index contributed by atoms with van der Waals surface area (Å²) in [5, 5.41) is 5.52. The molecule has 0 unspecified atom stereocenters. The van der Waals surface area contributed by atoms with Gasteiger partial charge in [0.15, 0.2) is 0 Å². The third kappa shape index (κ3) is 6.42. The molecule has 0 saturated heterocycles. The second-order valence-electron chi connectivity index (χ2n) is 6.62. The van der Waals surface area contributed by atoms with Crippen LogP contribution in [0.25, 0.3) is 0 Å². The van der Waals surface area contributed by atoms with Gasteiger partial charge in [0.25, 0.3) is 0 Å². The van der Waals surface area contributed by atoms with Crippen molar-refractivity contribution in [3.05, 3.63) is 59.2 Å². The van der Waals surface area contributed by atoms with Gasteiger partial charge in [0.2, 0.25) is 11.8 Å². The average molecular weight is 369 g/mol. The number of hydrogen-bond donors (Lipinski definition) is 2. The SMILES string of the molecule is COc1cccc(CN(C)CC(=O)NCC(=O)Nc2c(C)cccc2C)c1. The van der Waals surface area contributed by atoms with Gasteiger partial charge >= 0.3 is 0 Å². The van der Waals surface area contributed by atoms with Crippen molar-refractivity contribution in [2.24, 2.45) is 0 Å². The Bertz CT molecular complexity index is 785. The minimum absolute atomic E-state index is 0.0559. The number of nitrogens with one attached hydrogen (secondary N) is 2. The number of carbonyl (C=O) groups is 2. The number of para-hydroxylation sites is 1. The summed E-state index contributed by atoms with van der Waals surface area (Å²) in [6.07, 6.45) is 0. The first-order valence-electron chi connectivity index (χ1n) is 8.83. The standard InChI is InChI=1S/C21H27N3O3/c1-15-7-5-8-16(2)21(15)23-19(25)12-22-20(26)14-24(3)13-17-9-6-10-18(11-17)27-4/h5-11H,12-14H2,1-4H3,(H,22,26)(H,23,25). The highest BCUT2D eigenvalue weighted by Gasteiger charge is 2.11. The first-order valence-corrected chi connectivity index (χ1v) is 8.83. The lowest BCUT2D eigenvalue weighted by Gasteiger charge is -2.17. The van der Waals surface area contributed by atoms with E-state index in [1.807, 2.05) is 68.3 Å². The van der Waals surface area contributed by atoms with Gasteiger partial charge in [-0.15, -0.1) is 0 Å². The molecule has 0 heterocycles. The molecule has 144 valence electrons.